The molecule has 3 rings (SSSR count). The normalized spacial score (nSPS) is 21.1. The Kier molecular flexibility index (Phi) is 1.58. The highest BCUT2D eigenvalue weighted by atomic mass is 15.1. The van der Waals surface area contributed by atoms with Crippen LogP contribution in [0.1, 0.15) is 24.2 Å². The fraction of sp³-hybridized carbons (Fsp3) is 0.400. The SMILES string of the molecule is CC1NCCc2[nH]c3nnccc3c21. The molecule has 2 N–H and O–H groups in total. The maximum absolute atomic E-state index is 4.09. The molecule has 4 heteroatoms. The quantitative estimate of drug-likeness (QED) is 0.652. The smallest absolute Gasteiger partial charge is 0.160 e. The van der Waals surface area contributed by atoms with Crippen LogP contribution < -0.4 is 5.32 Å². The highest BCUT2D eigenvalue weighted by Crippen LogP contribution is 2.28. The van der Waals surface area contributed by atoms with Gasteiger partial charge in [0.25, 0.3) is 0 Å². The minimum atomic E-state index is 0.414. The minimum absolute atomic E-state index is 0.414. The third kappa shape index (κ3) is 0.974. The molecule has 4 nitrogen and oxygen atoms in total. The van der Waals surface area contributed by atoms with Crippen LogP contribution in [0.3, 0.4) is 0 Å². The number of nitrogens with zero attached hydrogens (tertiary/aromatic N) is 2. The molecule has 1 unspecified atom stereocenters. The van der Waals surface area contributed by atoms with E-state index in [0.29, 0.717) is 6.04 Å². The van der Waals surface area contributed by atoms with Gasteiger partial charge in [-0.1, -0.05) is 0 Å². The number of aromatic amines is 1. The fourth-order valence-corrected chi connectivity index (χ4v) is 2.22. The second-order valence-electron chi connectivity index (χ2n) is 3.74. The molecule has 1 atom stereocenters. The highest BCUT2D eigenvalue weighted by molar-refractivity contribution is 5.81. The molecule has 0 amide bonds. The van der Waals surface area contributed by atoms with E-state index in [-0.39, 0.29) is 0 Å². The Balaban J connectivity index is 2.34. The maximum Gasteiger partial charge on any atom is 0.160 e. The predicted octanol–water partition coefficient (Wildman–Crippen LogP) is 1.16. The van der Waals surface area contributed by atoms with Gasteiger partial charge in [-0.2, -0.15) is 5.10 Å². The summed E-state index contributed by atoms with van der Waals surface area (Å²) in [7, 11) is 0. The first-order valence-electron chi connectivity index (χ1n) is 4.92. The Morgan fingerprint density at radius 1 is 1.50 bits per heavy atom. The Labute approximate surface area is 81.7 Å². The summed E-state index contributed by atoms with van der Waals surface area (Å²) in [6.07, 6.45) is 2.80. The van der Waals surface area contributed by atoms with E-state index in [0.717, 1.165) is 18.6 Å². The Bertz CT molecular complexity index is 474. The molecule has 0 aliphatic carbocycles. The standard InChI is InChI=1S/C10H12N4/c1-6-9-7-2-5-12-14-10(7)13-8(9)3-4-11-6/h2,5-6,11H,3-4H2,1H3,(H,13,14). The molecule has 0 spiro atoms. The van der Waals surface area contributed by atoms with Crippen molar-refractivity contribution in [1.29, 1.82) is 0 Å². The molecule has 0 fully saturated rings. The predicted molar refractivity (Wildman–Crippen MR) is 54.0 cm³/mol. The lowest BCUT2D eigenvalue weighted by Crippen LogP contribution is -2.27. The lowest BCUT2D eigenvalue weighted by molar-refractivity contribution is 0.541. The molecule has 0 saturated heterocycles. The van der Waals surface area contributed by atoms with Crippen molar-refractivity contribution in [3.05, 3.63) is 23.5 Å². The van der Waals surface area contributed by atoms with E-state index in [1.54, 1.807) is 6.20 Å². The van der Waals surface area contributed by atoms with Gasteiger partial charge in [0.15, 0.2) is 5.65 Å². The number of aromatic nitrogens is 3. The van der Waals surface area contributed by atoms with Crippen molar-refractivity contribution in [3.8, 4) is 0 Å². The summed E-state index contributed by atoms with van der Waals surface area (Å²) in [5.74, 6) is 0. The Morgan fingerprint density at radius 3 is 3.36 bits per heavy atom. The summed E-state index contributed by atoms with van der Waals surface area (Å²) < 4.78 is 0. The lowest BCUT2D eigenvalue weighted by Gasteiger charge is -2.20. The fourth-order valence-electron chi connectivity index (χ4n) is 2.22. The van der Waals surface area contributed by atoms with Crippen LogP contribution in [0.5, 0.6) is 0 Å². The van der Waals surface area contributed by atoms with E-state index in [1.807, 2.05) is 6.07 Å². The van der Waals surface area contributed by atoms with Crippen LogP contribution in [0.15, 0.2) is 12.3 Å². The molecule has 2 aromatic rings. The van der Waals surface area contributed by atoms with Crippen LogP contribution in [0.2, 0.25) is 0 Å². The van der Waals surface area contributed by atoms with E-state index in [1.165, 1.54) is 16.6 Å². The molecular formula is C10H12N4. The van der Waals surface area contributed by atoms with Gasteiger partial charge in [0.05, 0.1) is 6.20 Å². The number of fused-ring (bicyclic) bond motifs is 3. The highest BCUT2D eigenvalue weighted by Gasteiger charge is 2.20. The van der Waals surface area contributed by atoms with Gasteiger partial charge in [-0.3, -0.25) is 0 Å². The number of hydrogen-bond donors (Lipinski definition) is 2. The molecule has 0 radical (unpaired) electrons. The van der Waals surface area contributed by atoms with Gasteiger partial charge in [0, 0.05) is 30.1 Å². The van der Waals surface area contributed by atoms with Crippen LogP contribution >= 0.6 is 0 Å². The number of hydrogen-bond acceptors (Lipinski definition) is 3. The summed E-state index contributed by atoms with van der Waals surface area (Å²) in [6.45, 7) is 3.22. The topological polar surface area (TPSA) is 53.6 Å². The van der Waals surface area contributed by atoms with Gasteiger partial charge < -0.3 is 10.3 Å². The van der Waals surface area contributed by atoms with E-state index in [2.05, 4.69) is 27.4 Å². The zero-order chi connectivity index (χ0) is 9.54. The van der Waals surface area contributed by atoms with Crippen LogP contribution in [0.4, 0.5) is 0 Å². The largest absolute Gasteiger partial charge is 0.341 e. The zero-order valence-corrected chi connectivity index (χ0v) is 8.04. The van der Waals surface area contributed by atoms with Crippen molar-refractivity contribution in [2.75, 3.05) is 6.54 Å². The molecule has 0 saturated carbocycles. The molecule has 2 aromatic heterocycles. The molecule has 0 aromatic carbocycles. The lowest BCUT2D eigenvalue weighted by atomic mass is 10.0. The average Bonchev–Trinajstić information content (AvgIpc) is 2.57. The van der Waals surface area contributed by atoms with Crippen molar-refractivity contribution >= 4 is 11.0 Å². The summed E-state index contributed by atoms with van der Waals surface area (Å²) in [5.41, 5.74) is 3.58. The number of rotatable bonds is 0. The summed E-state index contributed by atoms with van der Waals surface area (Å²) >= 11 is 0. The monoisotopic (exact) mass is 188 g/mol. The maximum atomic E-state index is 4.09. The van der Waals surface area contributed by atoms with E-state index < -0.39 is 0 Å². The minimum Gasteiger partial charge on any atom is -0.341 e. The molecule has 72 valence electrons. The van der Waals surface area contributed by atoms with E-state index in [4.69, 9.17) is 0 Å². The number of H-pyrrole nitrogens is 1. The van der Waals surface area contributed by atoms with Crippen LogP contribution in [-0.2, 0) is 6.42 Å². The van der Waals surface area contributed by atoms with Crippen LogP contribution in [-0.4, -0.2) is 21.7 Å². The molecule has 0 bridgehead atoms. The second-order valence-corrected chi connectivity index (χ2v) is 3.74. The molecule has 1 aliphatic rings. The first kappa shape index (κ1) is 7.94. The molecule has 14 heavy (non-hydrogen) atoms. The summed E-state index contributed by atoms with van der Waals surface area (Å²) in [4.78, 5) is 3.33. The van der Waals surface area contributed by atoms with Crippen LogP contribution in [0.25, 0.3) is 11.0 Å². The Morgan fingerprint density at radius 2 is 2.43 bits per heavy atom. The summed E-state index contributed by atoms with van der Waals surface area (Å²) in [5, 5.41) is 12.6. The second kappa shape index (κ2) is 2.78. The number of nitrogens with one attached hydrogen (secondary N) is 2. The van der Waals surface area contributed by atoms with Crippen molar-refractivity contribution in [3.63, 3.8) is 0 Å². The van der Waals surface area contributed by atoms with Gasteiger partial charge in [0.2, 0.25) is 0 Å². The van der Waals surface area contributed by atoms with Gasteiger partial charge >= 0.3 is 0 Å². The van der Waals surface area contributed by atoms with Crippen molar-refractivity contribution in [2.24, 2.45) is 0 Å². The van der Waals surface area contributed by atoms with Gasteiger partial charge in [-0.15, -0.1) is 5.10 Å². The molecule has 1 aliphatic heterocycles. The van der Waals surface area contributed by atoms with Crippen molar-refractivity contribution < 1.29 is 0 Å². The molecule has 3 heterocycles. The summed E-state index contributed by atoms with van der Waals surface area (Å²) in [6, 6.07) is 2.44. The first-order chi connectivity index (χ1) is 6.86. The zero-order valence-electron chi connectivity index (χ0n) is 8.04. The van der Waals surface area contributed by atoms with Crippen molar-refractivity contribution in [1.82, 2.24) is 20.5 Å². The van der Waals surface area contributed by atoms with Gasteiger partial charge in [-0.25, -0.2) is 0 Å². The Hall–Kier alpha value is -1.42. The third-order valence-electron chi connectivity index (χ3n) is 2.86. The van der Waals surface area contributed by atoms with Gasteiger partial charge in [0.1, 0.15) is 0 Å². The van der Waals surface area contributed by atoms with Gasteiger partial charge in [-0.05, 0) is 18.6 Å². The molecular weight excluding hydrogens is 176 g/mol. The first-order valence-corrected chi connectivity index (χ1v) is 4.92. The van der Waals surface area contributed by atoms with Crippen LogP contribution in [0, 0.1) is 0 Å². The third-order valence-corrected chi connectivity index (χ3v) is 2.86. The van der Waals surface area contributed by atoms with E-state index in [9.17, 15) is 0 Å². The average molecular weight is 188 g/mol. The van der Waals surface area contributed by atoms with Crippen molar-refractivity contribution in [2.45, 2.75) is 19.4 Å². The van der Waals surface area contributed by atoms with E-state index >= 15 is 0 Å².